The predicted octanol–water partition coefficient (Wildman–Crippen LogP) is 5.18. The summed E-state index contributed by atoms with van der Waals surface area (Å²) in [6, 6.07) is 6.58. The summed E-state index contributed by atoms with van der Waals surface area (Å²) in [7, 11) is 0. The van der Waals surface area contributed by atoms with Gasteiger partial charge >= 0.3 is 0 Å². The molecule has 0 amide bonds. The topological polar surface area (TPSA) is 25.2 Å². The third-order valence-corrected chi connectivity index (χ3v) is 4.12. The highest BCUT2D eigenvalue weighted by Crippen LogP contribution is 2.36. The van der Waals surface area contributed by atoms with Crippen LogP contribution in [-0.2, 0) is 6.54 Å². The second kappa shape index (κ2) is 6.45. The summed E-state index contributed by atoms with van der Waals surface area (Å²) < 4.78 is 6.25. The molecule has 1 N–H and O–H groups in total. The van der Waals surface area contributed by atoms with Gasteiger partial charge in [-0.2, -0.15) is 0 Å². The largest absolute Gasteiger partial charge is 0.459 e. The summed E-state index contributed by atoms with van der Waals surface area (Å²) in [5, 5.41) is 4.69. The number of furan rings is 1. The number of hydrogen-bond acceptors (Lipinski definition) is 2. The van der Waals surface area contributed by atoms with Gasteiger partial charge in [-0.25, -0.2) is 0 Å². The molecule has 0 fully saturated rings. The molecule has 0 aliphatic heterocycles. The quantitative estimate of drug-likeness (QED) is 0.784. The van der Waals surface area contributed by atoms with Crippen molar-refractivity contribution >= 4 is 11.0 Å². The molecule has 0 radical (unpaired) electrons. The summed E-state index contributed by atoms with van der Waals surface area (Å²) in [4.78, 5) is 0. The smallest absolute Gasteiger partial charge is 0.138 e. The summed E-state index contributed by atoms with van der Waals surface area (Å²) in [5.74, 6) is 2.13. The minimum absolute atomic E-state index is 0.483. The van der Waals surface area contributed by atoms with Crippen LogP contribution in [-0.4, -0.2) is 6.54 Å². The predicted molar refractivity (Wildman–Crippen MR) is 86.4 cm³/mol. The van der Waals surface area contributed by atoms with Crippen molar-refractivity contribution in [2.45, 2.75) is 59.4 Å². The molecule has 1 aromatic carbocycles. The molecule has 1 atom stereocenters. The molecule has 1 aromatic heterocycles. The van der Waals surface area contributed by atoms with E-state index >= 15 is 0 Å². The average molecular weight is 273 g/mol. The Bertz CT molecular complexity index is 568. The van der Waals surface area contributed by atoms with Crippen LogP contribution in [0.2, 0.25) is 0 Å². The van der Waals surface area contributed by atoms with Crippen LogP contribution in [0, 0.1) is 0 Å². The van der Waals surface area contributed by atoms with Crippen molar-refractivity contribution in [1.82, 2.24) is 5.32 Å². The average Bonchev–Trinajstić information content (AvgIpc) is 2.82. The lowest BCUT2D eigenvalue weighted by Crippen LogP contribution is -2.12. The van der Waals surface area contributed by atoms with Crippen LogP contribution in [0.3, 0.4) is 0 Å². The van der Waals surface area contributed by atoms with Crippen molar-refractivity contribution in [3.63, 3.8) is 0 Å². The zero-order valence-electron chi connectivity index (χ0n) is 13.4. The molecule has 1 unspecified atom stereocenters. The third-order valence-electron chi connectivity index (χ3n) is 4.12. The van der Waals surface area contributed by atoms with E-state index in [-0.39, 0.29) is 0 Å². The highest BCUT2D eigenvalue weighted by molar-refractivity contribution is 5.86. The van der Waals surface area contributed by atoms with E-state index in [4.69, 9.17) is 4.42 Å². The molecule has 0 spiro atoms. The van der Waals surface area contributed by atoms with Gasteiger partial charge in [0, 0.05) is 10.9 Å². The summed E-state index contributed by atoms with van der Waals surface area (Å²) in [5.41, 5.74) is 3.80. The molecule has 2 aromatic rings. The highest BCUT2D eigenvalue weighted by Gasteiger charge is 2.20. The normalized spacial score (nSPS) is 13.3. The molecule has 2 heteroatoms. The van der Waals surface area contributed by atoms with E-state index in [0.717, 1.165) is 30.9 Å². The Balaban J connectivity index is 2.60. The number of fused-ring (bicyclic) bond motifs is 1. The van der Waals surface area contributed by atoms with Crippen molar-refractivity contribution in [3.8, 4) is 0 Å². The van der Waals surface area contributed by atoms with Crippen LogP contribution in [0.4, 0.5) is 0 Å². The van der Waals surface area contributed by atoms with Gasteiger partial charge in [0.2, 0.25) is 0 Å². The Labute approximate surface area is 122 Å². The molecular formula is C18H27NO. The monoisotopic (exact) mass is 273 g/mol. The van der Waals surface area contributed by atoms with Gasteiger partial charge in [0.1, 0.15) is 11.3 Å². The van der Waals surface area contributed by atoms with Crippen LogP contribution in [0.15, 0.2) is 22.6 Å². The van der Waals surface area contributed by atoms with Gasteiger partial charge in [-0.3, -0.25) is 0 Å². The molecule has 2 rings (SSSR count). The fraction of sp³-hybridized carbons (Fsp3) is 0.556. The third kappa shape index (κ3) is 2.76. The Morgan fingerprint density at radius 1 is 1.15 bits per heavy atom. The Kier molecular flexibility index (Phi) is 4.87. The number of hydrogen-bond donors (Lipinski definition) is 1. The first-order chi connectivity index (χ1) is 9.60. The molecule has 1 heterocycles. The van der Waals surface area contributed by atoms with E-state index in [1.807, 2.05) is 0 Å². The van der Waals surface area contributed by atoms with Crippen molar-refractivity contribution in [3.05, 3.63) is 35.1 Å². The number of benzene rings is 1. The van der Waals surface area contributed by atoms with Gasteiger partial charge < -0.3 is 9.73 Å². The maximum atomic E-state index is 6.25. The van der Waals surface area contributed by atoms with E-state index in [0.29, 0.717) is 11.8 Å². The molecule has 0 aliphatic rings. The Hall–Kier alpha value is -1.28. The number of para-hydroxylation sites is 1. The van der Waals surface area contributed by atoms with Crippen molar-refractivity contribution in [1.29, 1.82) is 0 Å². The first kappa shape index (κ1) is 15.1. The van der Waals surface area contributed by atoms with Crippen LogP contribution in [0.1, 0.15) is 69.8 Å². The van der Waals surface area contributed by atoms with Gasteiger partial charge in [-0.05, 0) is 30.4 Å². The van der Waals surface area contributed by atoms with E-state index in [1.165, 1.54) is 16.5 Å². The first-order valence-electron chi connectivity index (χ1n) is 7.84. The molecular weight excluding hydrogens is 246 g/mol. The zero-order chi connectivity index (χ0) is 14.7. The summed E-state index contributed by atoms with van der Waals surface area (Å²) >= 11 is 0. The minimum atomic E-state index is 0.483. The van der Waals surface area contributed by atoms with E-state index in [2.05, 4.69) is 58.1 Å². The Morgan fingerprint density at radius 2 is 1.90 bits per heavy atom. The summed E-state index contributed by atoms with van der Waals surface area (Å²) in [6.45, 7) is 12.9. The molecule has 0 bridgehead atoms. The fourth-order valence-electron chi connectivity index (χ4n) is 2.82. The maximum absolute atomic E-state index is 6.25. The molecule has 110 valence electrons. The van der Waals surface area contributed by atoms with Crippen molar-refractivity contribution in [2.24, 2.45) is 0 Å². The van der Waals surface area contributed by atoms with Gasteiger partial charge in [-0.15, -0.1) is 0 Å². The SMILES string of the molecule is CCNCc1oc2c(C(C)CC)cccc2c1C(C)C. The zero-order valence-corrected chi connectivity index (χ0v) is 13.4. The second-order valence-corrected chi connectivity index (χ2v) is 5.91. The molecule has 0 saturated heterocycles. The lowest BCUT2D eigenvalue weighted by molar-refractivity contribution is 0.505. The van der Waals surface area contributed by atoms with Crippen molar-refractivity contribution < 1.29 is 4.42 Å². The molecule has 0 saturated carbocycles. The Morgan fingerprint density at radius 3 is 2.50 bits per heavy atom. The van der Waals surface area contributed by atoms with Crippen LogP contribution < -0.4 is 5.32 Å². The number of rotatable bonds is 6. The van der Waals surface area contributed by atoms with E-state index in [9.17, 15) is 0 Å². The van der Waals surface area contributed by atoms with Crippen LogP contribution in [0.5, 0.6) is 0 Å². The van der Waals surface area contributed by atoms with Gasteiger partial charge in [0.15, 0.2) is 0 Å². The minimum Gasteiger partial charge on any atom is -0.459 e. The second-order valence-electron chi connectivity index (χ2n) is 5.91. The van der Waals surface area contributed by atoms with E-state index in [1.54, 1.807) is 0 Å². The fourth-order valence-corrected chi connectivity index (χ4v) is 2.82. The van der Waals surface area contributed by atoms with Gasteiger partial charge in [0.05, 0.1) is 6.54 Å². The van der Waals surface area contributed by atoms with Gasteiger partial charge in [-0.1, -0.05) is 52.8 Å². The lowest BCUT2D eigenvalue weighted by atomic mass is 9.93. The van der Waals surface area contributed by atoms with Gasteiger partial charge in [0.25, 0.3) is 0 Å². The van der Waals surface area contributed by atoms with E-state index < -0.39 is 0 Å². The molecule has 0 aliphatic carbocycles. The first-order valence-corrected chi connectivity index (χ1v) is 7.84. The molecule has 20 heavy (non-hydrogen) atoms. The number of nitrogens with one attached hydrogen (secondary N) is 1. The van der Waals surface area contributed by atoms with Crippen LogP contribution in [0.25, 0.3) is 11.0 Å². The molecule has 2 nitrogen and oxygen atoms in total. The highest BCUT2D eigenvalue weighted by atomic mass is 16.3. The van der Waals surface area contributed by atoms with Crippen molar-refractivity contribution in [2.75, 3.05) is 6.54 Å². The van der Waals surface area contributed by atoms with Crippen LogP contribution >= 0.6 is 0 Å². The standard InChI is InChI=1S/C18H27NO/c1-6-13(5)14-9-8-10-15-17(12(3)4)16(11-19-7-2)20-18(14)15/h8-10,12-13,19H,6-7,11H2,1-5H3. The maximum Gasteiger partial charge on any atom is 0.138 e. The lowest BCUT2D eigenvalue weighted by Gasteiger charge is -2.09. The summed E-state index contributed by atoms with van der Waals surface area (Å²) in [6.07, 6.45) is 1.14.